The van der Waals surface area contributed by atoms with Crippen molar-refractivity contribution < 1.29 is 9.90 Å². The van der Waals surface area contributed by atoms with Gasteiger partial charge in [0, 0.05) is 12.6 Å². The van der Waals surface area contributed by atoms with Crippen LogP contribution >= 0.6 is 0 Å². The predicted octanol–water partition coefficient (Wildman–Crippen LogP) is 0.748. The molecule has 1 aliphatic heterocycles. The molecule has 4 nitrogen and oxygen atoms in total. The number of aliphatic hydroxyl groups is 1. The van der Waals surface area contributed by atoms with E-state index in [4.69, 9.17) is 0 Å². The Balaban J connectivity index is 2.35. The molecule has 0 bridgehead atoms. The number of likely N-dealkylation sites (tertiary alicyclic amines) is 1. The molecule has 4 heteroatoms. The highest BCUT2D eigenvalue weighted by atomic mass is 16.3. The van der Waals surface area contributed by atoms with Crippen molar-refractivity contribution in [3.8, 4) is 0 Å². The third-order valence-electron chi connectivity index (χ3n) is 2.97. The zero-order chi connectivity index (χ0) is 12.2. The van der Waals surface area contributed by atoms with Gasteiger partial charge < -0.3 is 10.4 Å². The number of carbonyl (C=O) groups excluding carboxylic acids is 1. The van der Waals surface area contributed by atoms with Crippen molar-refractivity contribution in [2.24, 2.45) is 0 Å². The first kappa shape index (κ1) is 13.5. The van der Waals surface area contributed by atoms with Crippen LogP contribution in [-0.4, -0.2) is 47.2 Å². The normalized spacial score (nSPS) is 27.8. The Labute approximate surface area is 98.0 Å². The Bertz CT molecular complexity index is 239. The first-order chi connectivity index (χ1) is 7.39. The van der Waals surface area contributed by atoms with Gasteiger partial charge in [0.1, 0.15) is 0 Å². The van der Waals surface area contributed by atoms with E-state index in [-0.39, 0.29) is 11.9 Å². The topological polar surface area (TPSA) is 52.6 Å². The van der Waals surface area contributed by atoms with E-state index in [0.29, 0.717) is 6.54 Å². The highest BCUT2D eigenvalue weighted by Gasteiger charge is 2.25. The number of carbonyl (C=O) groups is 1. The molecule has 1 aliphatic rings. The van der Waals surface area contributed by atoms with Gasteiger partial charge in [0.15, 0.2) is 0 Å². The molecular weight excluding hydrogens is 204 g/mol. The van der Waals surface area contributed by atoms with Crippen LogP contribution in [0.4, 0.5) is 0 Å². The second-order valence-electron chi connectivity index (χ2n) is 5.35. The summed E-state index contributed by atoms with van der Waals surface area (Å²) in [5, 5.41) is 12.8. The molecule has 0 radical (unpaired) electrons. The summed E-state index contributed by atoms with van der Waals surface area (Å²) in [7, 11) is 0. The summed E-state index contributed by atoms with van der Waals surface area (Å²) in [6, 6.07) is 0.197. The summed E-state index contributed by atoms with van der Waals surface area (Å²) >= 11 is 0. The smallest absolute Gasteiger partial charge is 0.234 e. The van der Waals surface area contributed by atoms with Crippen LogP contribution in [0.15, 0.2) is 0 Å². The van der Waals surface area contributed by atoms with Crippen LogP contribution in [0, 0.1) is 0 Å². The molecule has 1 atom stereocenters. The molecule has 0 aromatic rings. The minimum Gasteiger partial charge on any atom is -0.390 e. The van der Waals surface area contributed by atoms with Crippen LogP contribution in [0.1, 0.15) is 40.0 Å². The first-order valence-electron chi connectivity index (χ1n) is 6.13. The maximum absolute atomic E-state index is 11.6. The van der Waals surface area contributed by atoms with Gasteiger partial charge in [-0.05, 0) is 46.6 Å². The molecule has 0 aromatic carbocycles. The lowest BCUT2D eigenvalue weighted by Gasteiger charge is -2.22. The first-order valence-corrected chi connectivity index (χ1v) is 6.13. The maximum atomic E-state index is 11.6. The number of nitrogens with zero attached hydrogens (tertiary/aromatic N) is 1. The minimum absolute atomic E-state index is 0.0801. The number of rotatable bonds is 3. The van der Waals surface area contributed by atoms with Crippen LogP contribution in [0.2, 0.25) is 0 Å². The third-order valence-corrected chi connectivity index (χ3v) is 2.97. The highest BCUT2D eigenvalue weighted by Crippen LogP contribution is 2.20. The molecule has 94 valence electrons. The third kappa shape index (κ3) is 4.94. The van der Waals surface area contributed by atoms with E-state index in [1.807, 2.05) is 20.8 Å². The molecule has 1 heterocycles. The fourth-order valence-electron chi connectivity index (χ4n) is 2.05. The molecule has 0 spiro atoms. The summed E-state index contributed by atoms with van der Waals surface area (Å²) < 4.78 is 0. The molecular formula is C12H24N2O2. The van der Waals surface area contributed by atoms with Gasteiger partial charge in [-0.2, -0.15) is 0 Å². The van der Waals surface area contributed by atoms with Gasteiger partial charge in [-0.1, -0.05) is 0 Å². The average Bonchev–Trinajstić information content (AvgIpc) is 2.26. The number of hydrogen-bond donors (Lipinski definition) is 2. The number of hydrogen-bond acceptors (Lipinski definition) is 3. The van der Waals surface area contributed by atoms with E-state index in [1.165, 1.54) is 0 Å². The Hall–Kier alpha value is -0.610. The maximum Gasteiger partial charge on any atom is 0.234 e. The SMILES string of the molecule is CC(C)NC(=O)CN1CCCC(C)(O)CC1. The zero-order valence-electron chi connectivity index (χ0n) is 10.6. The quantitative estimate of drug-likeness (QED) is 0.749. The Morgan fingerprint density at radius 2 is 2.12 bits per heavy atom. The molecule has 0 aromatic heterocycles. The molecule has 1 rings (SSSR count). The fraction of sp³-hybridized carbons (Fsp3) is 0.917. The summed E-state index contributed by atoms with van der Waals surface area (Å²) in [4.78, 5) is 13.7. The van der Waals surface area contributed by atoms with E-state index in [2.05, 4.69) is 10.2 Å². The fourth-order valence-corrected chi connectivity index (χ4v) is 2.05. The van der Waals surface area contributed by atoms with E-state index >= 15 is 0 Å². The lowest BCUT2D eigenvalue weighted by atomic mass is 9.98. The second kappa shape index (κ2) is 5.64. The van der Waals surface area contributed by atoms with Crippen molar-refractivity contribution in [1.82, 2.24) is 10.2 Å². The molecule has 1 fully saturated rings. The van der Waals surface area contributed by atoms with Crippen molar-refractivity contribution >= 4 is 5.91 Å². The van der Waals surface area contributed by atoms with E-state index in [0.717, 1.165) is 32.4 Å². The van der Waals surface area contributed by atoms with Crippen LogP contribution in [0.5, 0.6) is 0 Å². The number of nitrogens with one attached hydrogen (secondary N) is 1. The van der Waals surface area contributed by atoms with E-state index in [1.54, 1.807) is 0 Å². The lowest BCUT2D eigenvalue weighted by Crippen LogP contribution is -2.40. The highest BCUT2D eigenvalue weighted by molar-refractivity contribution is 5.78. The van der Waals surface area contributed by atoms with Crippen molar-refractivity contribution in [3.63, 3.8) is 0 Å². The summed E-state index contributed by atoms with van der Waals surface area (Å²) in [5.74, 6) is 0.0801. The molecule has 1 amide bonds. The molecule has 2 N–H and O–H groups in total. The Kier molecular flexibility index (Phi) is 4.74. The van der Waals surface area contributed by atoms with Crippen LogP contribution in [0.25, 0.3) is 0 Å². The van der Waals surface area contributed by atoms with Crippen LogP contribution < -0.4 is 5.32 Å². The van der Waals surface area contributed by atoms with Crippen molar-refractivity contribution in [3.05, 3.63) is 0 Å². The predicted molar refractivity (Wildman–Crippen MR) is 64.2 cm³/mol. The van der Waals surface area contributed by atoms with Gasteiger partial charge >= 0.3 is 0 Å². The standard InChI is InChI=1S/C12H24N2O2/c1-10(2)13-11(15)9-14-7-4-5-12(3,16)6-8-14/h10,16H,4-9H2,1-3H3,(H,13,15). The van der Waals surface area contributed by atoms with Crippen molar-refractivity contribution in [2.75, 3.05) is 19.6 Å². The van der Waals surface area contributed by atoms with E-state index in [9.17, 15) is 9.90 Å². The van der Waals surface area contributed by atoms with Gasteiger partial charge in [-0.25, -0.2) is 0 Å². The molecule has 0 aliphatic carbocycles. The monoisotopic (exact) mass is 228 g/mol. The van der Waals surface area contributed by atoms with Crippen LogP contribution in [-0.2, 0) is 4.79 Å². The zero-order valence-corrected chi connectivity index (χ0v) is 10.6. The van der Waals surface area contributed by atoms with Crippen LogP contribution in [0.3, 0.4) is 0 Å². The minimum atomic E-state index is -0.552. The average molecular weight is 228 g/mol. The van der Waals surface area contributed by atoms with Gasteiger partial charge in [-0.15, -0.1) is 0 Å². The van der Waals surface area contributed by atoms with Gasteiger partial charge in [0.2, 0.25) is 5.91 Å². The lowest BCUT2D eigenvalue weighted by molar-refractivity contribution is -0.122. The number of amides is 1. The van der Waals surface area contributed by atoms with Gasteiger partial charge in [-0.3, -0.25) is 9.69 Å². The molecule has 0 saturated carbocycles. The largest absolute Gasteiger partial charge is 0.390 e. The van der Waals surface area contributed by atoms with Crippen molar-refractivity contribution in [1.29, 1.82) is 0 Å². The Morgan fingerprint density at radius 3 is 2.75 bits per heavy atom. The summed E-state index contributed by atoms with van der Waals surface area (Å²) in [6.07, 6.45) is 2.54. The second-order valence-corrected chi connectivity index (χ2v) is 5.35. The van der Waals surface area contributed by atoms with E-state index < -0.39 is 5.60 Å². The molecule has 1 unspecified atom stereocenters. The molecule has 1 saturated heterocycles. The van der Waals surface area contributed by atoms with Gasteiger partial charge in [0.25, 0.3) is 0 Å². The summed E-state index contributed by atoms with van der Waals surface area (Å²) in [6.45, 7) is 7.97. The molecule has 16 heavy (non-hydrogen) atoms. The summed E-state index contributed by atoms with van der Waals surface area (Å²) in [5.41, 5.74) is -0.552. The van der Waals surface area contributed by atoms with Crippen molar-refractivity contribution in [2.45, 2.75) is 51.7 Å². The Morgan fingerprint density at radius 1 is 1.44 bits per heavy atom. The van der Waals surface area contributed by atoms with Gasteiger partial charge in [0.05, 0.1) is 12.1 Å².